The Bertz CT molecular complexity index is 514. The maximum absolute atomic E-state index is 5.89. The highest BCUT2D eigenvalue weighted by molar-refractivity contribution is 6.30. The number of halogens is 1. The molecule has 1 aromatic heterocycles. The number of rotatable bonds is 2. The van der Waals surface area contributed by atoms with E-state index in [2.05, 4.69) is 4.98 Å². The molecule has 2 aromatic rings. The van der Waals surface area contributed by atoms with Gasteiger partial charge in [0.05, 0.1) is 18.1 Å². The van der Waals surface area contributed by atoms with Gasteiger partial charge in [0.15, 0.2) is 0 Å². The maximum Gasteiger partial charge on any atom is 0.147 e. The quantitative estimate of drug-likeness (QED) is 0.866. The van der Waals surface area contributed by atoms with E-state index in [-0.39, 0.29) is 0 Å². The van der Waals surface area contributed by atoms with Crippen LogP contribution in [-0.4, -0.2) is 4.98 Å². The molecule has 0 fully saturated rings. The zero-order chi connectivity index (χ0) is 11.5. The molecule has 0 atom stereocenters. The minimum Gasteiger partial charge on any atom is -0.455 e. The van der Waals surface area contributed by atoms with Gasteiger partial charge >= 0.3 is 0 Å². The summed E-state index contributed by atoms with van der Waals surface area (Å²) in [5, 5.41) is 0.637. The van der Waals surface area contributed by atoms with E-state index in [0.29, 0.717) is 22.2 Å². The summed E-state index contributed by atoms with van der Waals surface area (Å²) in [5.41, 5.74) is 7.18. The van der Waals surface area contributed by atoms with Crippen LogP contribution in [0.3, 0.4) is 0 Å². The van der Waals surface area contributed by atoms with Crippen LogP contribution in [0.5, 0.6) is 11.5 Å². The van der Waals surface area contributed by atoms with Crippen LogP contribution in [0.4, 0.5) is 5.69 Å². The fourth-order valence-corrected chi connectivity index (χ4v) is 1.46. The highest BCUT2D eigenvalue weighted by Gasteiger charge is 2.03. The Labute approximate surface area is 98.8 Å². The smallest absolute Gasteiger partial charge is 0.147 e. The molecule has 2 N–H and O–H groups in total. The summed E-state index contributed by atoms with van der Waals surface area (Å²) in [5.74, 6) is 1.31. The van der Waals surface area contributed by atoms with Crippen molar-refractivity contribution in [2.75, 3.05) is 5.73 Å². The van der Waals surface area contributed by atoms with Gasteiger partial charge in [-0.3, -0.25) is 4.98 Å². The molecule has 3 nitrogen and oxygen atoms in total. The van der Waals surface area contributed by atoms with E-state index in [1.807, 2.05) is 19.1 Å². The maximum atomic E-state index is 5.89. The molecule has 0 bridgehead atoms. The molecule has 16 heavy (non-hydrogen) atoms. The first-order valence-corrected chi connectivity index (χ1v) is 5.17. The number of hydrogen-bond donors (Lipinski definition) is 1. The molecule has 0 aliphatic heterocycles. The standard InChI is InChI=1S/C12H11ClN2O/c1-8-2-3-9(13)4-12(8)16-11-5-10(14)6-15-7-11/h2-7H,14H2,1H3. The summed E-state index contributed by atoms with van der Waals surface area (Å²) in [6.45, 7) is 1.95. The number of ether oxygens (including phenoxy) is 1. The third-order valence-corrected chi connectivity index (χ3v) is 2.35. The van der Waals surface area contributed by atoms with Gasteiger partial charge in [0.1, 0.15) is 11.5 Å². The molecule has 0 aliphatic carbocycles. The molecule has 1 heterocycles. The first-order chi connectivity index (χ1) is 7.65. The zero-order valence-electron chi connectivity index (χ0n) is 8.77. The van der Waals surface area contributed by atoms with Gasteiger partial charge in [0, 0.05) is 11.1 Å². The molecule has 0 radical (unpaired) electrons. The Morgan fingerprint density at radius 2 is 2.06 bits per heavy atom. The third kappa shape index (κ3) is 2.44. The number of nitrogens with two attached hydrogens (primary N) is 1. The first kappa shape index (κ1) is 10.8. The van der Waals surface area contributed by atoms with Crippen molar-refractivity contribution >= 4 is 17.3 Å². The zero-order valence-corrected chi connectivity index (χ0v) is 9.53. The van der Waals surface area contributed by atoms with Gasteiger partial charge in [0.2, 0.25) is 0 Å². The normalized spacial score (nSPS) is 10.1. The Kier molecular flexibility index (Phi) is 2.97. The van der Waals surface area contributed by atoms with E-state index in [9.17, 15) is 0 Å². The first-order valence-electron chi connectivity index (χ1n) is 4.80. The second-order valence-corrected chi connectivity index (χ2v) is 3.90. The summed E-state index contributed by atoms with van der Waals surface area (Å²) in [6.07, 6.45) is 3.17. The lowest BCUT2D eigenvalue weighted by atomic mass is 10.2. The van der Waals surface area contributed by atoms with E-state index >= 15 is 0 Å². The van der Waals surface area contributed by atoms with Gasteiger partial charge in [-0.1, -0.05) is 17.7 Å². The van der Waals surface area contributed by atoms with Crippen molar-refractivity contribution in [1.82, 2.24) is 4.98 Å². The Balaban J connectivity index is 2.30. The van der Waals surface area contributed by atoms with E-state index in [0.717, 1.165) is 5.56 Å². The summed E-state index contributed by atoms with van der Waals surface area (Å²) in [6, 6.07) is 7.20. The van der Waals surface area contributed by atoms with Crippen LogP contribution in [0.25, 0.3) is 0 Å². The van der Waals surface area contributed by atoms with Crippen molar-refractivity contribution in [2.45, 2.75) is 6.92 Å². The van der Waals surface area contributed by atoms with Crippen LogP contribution in [0.15, 0.2) is 36.7 Å². The number of aromatic nitrogens is 1. The van der Waals surface area contributed by atoms with E-state index in [1.54, 1.807) is 24.5 Å². The molecule has 0 saturated heterocycles. The topological polar surface area (TPSA) is 48.1 Å². The Hall–Kier alpha value is -1.74. The average Bonchev–Trinajstić information content (AvgIpc) is 2.24. The fraction of sp³-hybridized carbons (Fsp3) is 0.0833. The van der Waals surface area contributed by atoms with Crippen LogP contribution in [0.2, 0.25) is 5.02 Å². The van der Waals surface area contributed by atoms with Gasteiger partial charge in [0.25, 0.3) is 0 Å². The van der Waals surface area contributed by atoms with Crippen molar-refractivity contribution in [3.05, 3.63) is 47.2 Å². The van der Waals surface area contributed by atoms with Gasteiger partial charge in [-0.15, -0.1) is 0 Å². The predicted octanol–water partition coefficient (Wildman–Crippen LogP) is 3.42. The van der Waals surface area contributed by atoms with E-state index in [4.69, 9.17) is 22.1 Å². The molecule has 0 unspecified atom stereocenters. The molecular weight excluding hydrogens is 224 g/mol. The largest absolute Gasteiger partial charge is 0.455 e. The van der Waals surface area contributed by atoms with Crippen LogP contribution in [0, 0.1) is 6.92 Å². The number of pyridine rings is 1. The molecular formula is C12H11ClN2O. The number of benzene rings is 1. The molecule has 82 valence electrons. The van der Waals surface area contributed by atoms with Crippen molar-refractivity contribution in [3.63, 3.8) is 0 Å². The van der Waals surface area contributed by atoms with Crippen LogP contribution in [-0.2, 0) is 0 Å². The van der Waals surface area contributed by atoms with Crippen molar-refractivity contribution < 1.29 is 4.74 Å². The van der Waals surface area contributed by atoms with Crippen LogP contribution < -0.4 is 10.5 Å². The minimum absolute atomic E-state index is 0.567. The number of nitrogens with zero attached hydrogens (tertiary/aromatic N) is 1. The number of aryl methyl sites for hydroxylation is 1. The summed E-state index contributed by atoms with van der Waals surface area (Å²) in [7, 11) is 0. The number of anilines is 1. The van der Waals surface area contributed by atoms with Crippen LogP contribution in [0.1, 0.15) is 5.56 Å². The number of nitrogen functional groups attached to an aromatic ring is 1. The lowest BCUT2D eigenvalue weighted by Gasteiger charge is -2.08. The second-order valence-electron chi connectivity index (χ2n) is 3.47. The third-order valence-electron chi connectivity index (χ3n) is 2.11. The van der Waals surface area contributed by atoms with Gasteiger partial charge in [-0.2, -0.15) is 0 Å². The summed E-state index contributed by atoms with van der Waals surface area (Å²) >= 11 is 5.89. The summed E-state index contributed by atoms with van der Waals surface area (Å²) < 4.78 is 5.64. The molecule has 0 spiro atoms. The number of hydrogen-bond acceptors (Lipinski definition) is 3. The highest BCUT2D eigenvalue weighted by Crippen LogP contribution is 2.28. The lowest BCUT2D eigenvalue weighted by molar-refractivity contribution is 0.477. The van der Waals surface area contributed by atoms with Crippen molar-refractivity contribution in [3.8, 4) is 11.5 Å². The molecule has 4 heteroatoms. The van der Waals surface area contributed by atoms with Crippen molar-refractivity contribution in [2.24, 2.45) is 0 Å². The fourth-order valence-electron chi connectivity index (χ4n) is 1.30. The minimum atomic E-state index is 0.567. The highest BCUT2D eigenvalue weighted by atomic mass is 35.5. The molecule has 1 aromatic carbocycles. The molecule has 2 rings (SSSR count). The van der Waals surface area contributed by atoms with E-state index in [1.165, 1.54) is 0 Å². The molecule has 0 amide bonds. The Morgan fingerprint density at radius 1 is 1.25 bits per heavy atom. The van der Waals surface area contributed by atoms with Crippen molar-refractivity contribution in [1.29, 1.82) is 0 Å². The lowest BCUT2D eigenvalue weighted by Crippen LogP contribution is -1.91. The summed E-state index contributed by atoms with van der Waals surface area (Å²) in [4.78, 5) is 3.95. The predicted molar refractivity (Wildman–Crippen MR) is 64.9 cm³/mol. The van der Waals surface area contributed by atoms with Gasteiger partial charge < -0.3 is 10.5 Å². The van der Waals surface area contributed by atoms with Crippen LogP contribution >= 0.6 is 11.6 Å². The van der Waals surface area contributed by atoms with Gasteiger partial charge in [-0.25, -0.2) is 0 Å². The Morgan fingerprint density at radius 3 is 2.81 bits per heavy atom. The second kappa shape index (κ2) is 4.41. The molecule has 0 aliphatic rings. The van der Waals surface area contributed by atoms with E-state index < -0.39 is 0 Å². The molecule has 0 saturated carbocycles. The average molecular weight is 235 g/mol. The SMILES string of the molecule is Cc1ccc(Cl)cc1Oc1cncc(N)c1. The van der Waals surface area contributed by atoms with Gasteiger partial charge in [-0.05, 0) is 24.6 Å². The monoisotopic (exact) mass is 234 g/mol.